The maximum absolute atomic E-state index is 5.03. The summed E-state index contributed by atoms with van der Waals surface area (Å²) in [6.07, 6.45) is 0. The van der Waals surface area contributed by atoms with E-state index < -0.39 is 0 Å². The number of nitrogens with zero attached hydrogens (tertiary/aromatic N) is 2. The summed E-state index contributed by atoms with van der Waals surface area (Å²) in [5.74, 6) is 0.584. The van der Waals surface area contributed by atoms with Gasteiger partial charge in [0.05, 0.1) is 12.3 Å². The van der Waals surface area contributed by atoms with Gasteiger partial charge in [-0.1, -0.05) is 13.8 Å². The molecular weight excluding hydrogens is 208 g/mol. The molecule has 0 saturated carbocycles. The number of hydrogen-bond donors (Lipinski definition) is 0. The lowest BCUT2D eigenvalue weighted by atomic mass is 10.2. The third-order valence-electron chi connectivity index (χ3n) is 2.26. The topological polar surface area (TPSA) is 25.4 Å². The van der Waals surface area contributed by atoms with Gasteiger partial charge in [0.25, 0.3) is 0 Å². The van der Waals surface area contributed by atoms with E-state index in [4.69, 9.17) is 4.74 Å². The number of likely N-dealkylation sites (N-methyl/N-ethyl adjacent to an activating group) is 1. The highest BCUT2D eigenvalue weighted by Gasteiger charge is 2.07. The van der Waals surface area contributed by atoms with Crippen molar-refractivity contribution < 1.29 is 4.74 Å². The summed E-state index contributed by atoms with van der Waals surface area (Å²) in [5.41, 5.74) is 1.17. The lowest BCUT2D eigenvalue weighted by Gasteiger charge is -2.13. The lowest BCUT2D eigenvalue weighted by Crippen LogP contribution is -2.22. The van der Waals surface area contributed by atoms with Crippen LogP contribution in [0.3, 0.4) is 0 Å². The van der Waals surface area contributed by atoms with Crippen molar-refractivity contribution in [3.63, 3.8) is 0 Å². The van der Waals surface area contributed by atoms with Gasteiger partial charge in [-0.25, -0.2) is 0 Å². The maximum Gasteiger partial charge on any atom is 0.0685 e. The zero-order valence-corrected chi connectivity index (χ0v) is 10.8. The summed E-state index contributed by atoms with van der Waals surface area (Å²) >= 11 is 1.62. The first-order valence-electron chi connectivity index (χ1n) is 5.26. The Hall–Kier alpha value is -0.450. The molecule has 86 valence electrons. The number of hydrogen-bond acceptors (Lipinski definition) is 4. The standard InChI is InChI=1S/C11H20N2OS/c1-9(2)11-7-10(12-15-11)8-13(3)5-6-14-4/h7,9H,5-6,8H2,1-4H3. The van der Waals surface area contributed by atoms with Crippen LogP contribution < -0.4 is 0 Å². The van der Waals surface area contributed by atoms with Crippen LogP contribution in [0.1, 0.15) is 30.3 Å². The van der Waals surface area contributed by atoms with Gasteiger partial charge in [-0.3, -0.25) is 4.90 Å². The highest BCUT2D eigenvalue weighted by molar-refractivity contribution is 7.05. The molecule has 0 spiro atoms. The Morgan fingerprint density at radius 2 is 2.27 bits per heavy atom. The van der Waals surface area contributed by atoms with Gasteiger partial charge in [-0.15, -0.1) is 0 Å². The molecule has 4 heteroatoms. The third-order valence-corrected chi connectivity index (χ3v) is 3.38. The molecule has 1 heterocycles. The number of rotatable bonds is 6. The van der Waals surface area contributed by atoms with E-state index in [2.05, 4.69) is 36.2 Å². The molecule has 0 radical (unpaired) electrons. The zero-order chi connectivity index (χ0) is 11.3. The normalized spacial score (nSPS) is 11.6. The van der Waals surface area contributed by atoms with Crippen LogP contribution in [0.15, 0.2) is 6.07 Å². The van der Waals surface area contributed by atoms with Crippen LogP contribution in [0.2, 0.25) is 0 Å². The van der Waals surface area contributed by atoms with E-state index in [9.17, 15) is 0 Å². The van der Waals surface area contributed by atoms with Gasteiger partial charge < -0.3 is 4.74 Å². The van der Waals surface area contributed by atoms with Crippen molar-refractivity contribution in [3.8, 4) is 0 Å². The van der Waals surface area contributed by atoms with Gasteiger partial charge in [0.15, 0.2) is 0 Å². The van der Waals surface area contributed by atoms with Gasteiger partial charge in [0.2, 0.25) is 0 Å². The molecule has 0 amide bonds. The van der Waals surface area contributed by atoms with Crippen LogP contribution in [0.5, 0.6) is 0 Å². The predicted molar refractivity (Wildman–Crippen MR) is 64.4 cm³/mol. The summed E-state index contributed by atoms with van der Waals surface area (Å²) in [5, 5.41) is 0. The molecule has 1 aromatic heterocycles. The first-order chi connectivity index (χ1) is 7.13. The molecule has 3 nitrogen and oxygen atoms in total. The minimum absolute atomic E-state index is 0.584. The predicted octanol–water partition coefficient (Wildman–Crippen LogP) is 2.34. The van der Waals surface area contributed by atoms with E-state index in [0.29, 0.717) is 5.92 Å². The molecule has 0 bridgehead atoms. The van der Waals surface area contributed by atoms with Crippen molar-refractivity contribution in [1.29, 1.82) is 0 Å². The fraction of sp³-hybridized carbons (Fsp3) is 0.727. The highest BCUT2D eigenvalue weighted by Crippen LogP contribution is 2.20. The molecule has 15 heavy (non-hydrogen) atoms. The van der Waals surface area contributed by atoms with E-state index in [1.54, 1.807) is 18.6 Å². The van der Waals surface area contributed by atoms with E-state index >= 15 is 0 Å². The SMILES string of the molecule is COCCN(C)Cc1cc(C(C)C)sn1. The zero-order valence-electron chi connectivity index (χ0n) is 9.99. The summed E-state index contributed by atoms with van der Waals surface area (Å²) in [7, 11) is 3.82. The number of methoxy groups -OCH3 is 1. The van der Waals surface area contributed by atoms with E-state index in [1.165, 1.54) is 10.6 Å². The van der Waals surface area contributed by atoms with Crippen molar-refractivity contribution >= 4 is 11.5 Å². The molecule has 1 rings (SSSR count). The molecule has 0 aliphatic carbocycles. The van der Waals surface area contributed by atoms with Crippen molar-refractivity contribution in [2.24, 2.45) is 0 Å². The minimum atomic E-state index is 0.584. The van der Waals surface area contributed by atoms with Crippen LogP contribution >= 0.6 is 11.5 Å². The molecule has 1 aromatic rings. The summed E-state index contributed by atoms with van der Waals surface area (Å²) in [4.78, 5) is 3.59. The highest BCUT2D eigenvalue weighted by atomic mass is 32.1. The molecule has 0 atom stereocenters. The lowest BCUT2D eigenvalue weighted by molar-refractivity contribution is 0.158. The third kappa shape index (κ3) is 4.28. The average molecular weight is 228 g/mol. The van der Waals surface area contributed by atoms with Crippen LogP contribution in [-0.4, -0.2) is 36.6 Å². The van der Waals surface area contributed by atoms with Crippen molar-refractivity contribution in [2.45, 2.75) is 26.3 Å². The molecule has 0 aromatic carbocycles. The van der Waals surface area contributed by atoms with Gasteiger partial charge >= 0.3 is 0 Å². The Labute approximate surface area is 96.2 Å². The van der Waals surface area contributed by atoms with Crippen molar-refractivity contribution in [3.05, 3.63) is 16.6 Å². The maximum atomic E-state index is 5.03. The molecular formula is C11H20N2OS. The first-order valence-corrected chi connectivity index (χ1v) is 6.03. The largest absolute Gasteiger partial charge is 0.383 e. The summed E-state index contributed by atoms with van der Waals surface area (Å²) in [6.45, 7) is 7.03. The van der Waals surface area contributed by atoms with E-state index in [0.717, 1.165) is 19.7 Å². The monoisotopic (exact) mass is 228 g/mol. The summed E-state index contributed by atoms with van der Waals surface area (Å²) in [6, 6.07) is 2.21. The van der Waals surface area contributed by atoms with E-state index in [-0.39, 0.29) is 0 Å². The second-order valence-electron chi connectivity index (χ2n) is 4.11. The Bertz CT molecular complexity index is 286. The van der Waals surface area contributed by atoms with Gasteiger partial charge in [-0.05, 0) is 30.6 Å². The number of ether oxygens (including phenoxy) is 1. The molecule has 0 fully saturated rings. The molecule has 0 aliphatic rings. The smallest absolute Gasteiger partial charge is 0.0685 e. The first kappa shape index (κ1) is 12.6. The fourth-order valence-corrected chi connectivity index (χ4v) is 2.01. The van der Waals surface area contributed by atoms with Crippen molar-refractivity contribution in [1.82, 2.24) is 9.27 Å². The average Bonchev–Trinajstić information content (AvgIpc) is 2.63. The van der Waals surface area contributed by atoms with Gasteiger partial charge in [0, 0.05) is 25.1 Å². The molecule has 0 N–H and O–H groups in total. The Balaban J connectivity index is 2.42. The molecule has 0 saturated heterocycles. The Morgan fingerprint density at radius 3 is 2.80 bits per heavy atom. The summed E-state index contributed by atoms with van der Waals surface area (Å²) < 4.78 is 9.48. The van der Waals surface area contributed by atoms with Gasteiger partial charge in [-0.2, -0.15) is 4.37 Å². The van der Waals surface area contributed by atoms with Crippen molar-refractivity contribution in [2.75, 3.05) is 27.3 Å². The second kappa shape index (κ2) is 6.20. The fourth-order valence-electron chi connectivity index (χ4n) is 1.28. The molecule has 0 aliphatic heterocycles. The minimum Gasteiger partial charge on any atom is -0.383 e. The quantitative estimate of drug-likeness (QED) is 0.747. The van der Waals surface area contributed by atoms with E-state index in [1.807, 2.05) is 0 Å². The van der Waals surface area contributed by atoms with Crippen LogP contribution in [0.25, 0.3) is 0 Å². The second-order valence-corrected chi connectivity index (χ2v) is 4.94. The van der Waals surface area contributed by atoms with Crippen LogP contribution in [0, 0.1) is 0 Å². The van der Waals surface area contributed by atoms with Crippen LogP contribution in [-0.2, 0) is 11.3 Å². The number of aromatic nitrogens is 1. The molecule has 0 unspecified atom stereocenters. The van der Waals surface area contributed by atoms with Gasteiger partial charge in [0.1, 0.15) is 0 Å². The Kier molecular flexibility index (Phi) is 5.22. The Morgan fingerprint density at radius 1 is 1.53 bits per heavy atom. The van der Waals surface area contributed by atoms with Crippen LogP contribution in [0.4, 0.5) is 0 Å².